The van der Waals surface area contributed by atoms with E-state index >= 15 is 0 Å². The second-order valence-electron chi connectivity index (χ2n) is 6.52. The lowest BCUT2D eigenvalue weighted by Crippen LogP contribution is -2.37. The van der Waals surface area contributed by atoms with Crippen LogP contribution < -0.4 is 10.6 Å². The van der Waals surface area contributed by atoms with Gasteiger partial charge in [0.15, 0.2) is 15.0 Å². The highest BCUT2D eigenvalue weighted by Crippen LogP contribution is 2.25. The first kappa shape index (κ1) is 20.9. The van der Waals surface area contributed by atoms with E-state index < -0.39 is 32.7 Å². The molecule has 3 rings (SSSR count). The smallest absolute Gasteiger partial charge is 0.244 e. The van der Waals surface area contributed by atoms with Crippen molar-refractivity contribution in [3.8, 4) is 0 Å². The summed E-state index contributed by atoms with van der Waals surface area (Å²) in [6.45, 7) is 3.28. The minimum absolute atomic E-state index is 0.318. The molecule has 2 aromatic carbocycles. The lowest BCUT2D eigenvalue weighted by molar-refractivity contribution is -0.115. The number of carbonyl (C=O) groups excluding carboxylic acids is 2. The van der Waals surface area contributed by atoms with Gasteiger partial charge in [0, 0.05) is 5.69 Å². The number of carbonyl (C=O) groups is 2. The van der Waals surface area contributed by atoms with Gasteiger partial charge in [-0.1, -0.05) is 42.5 Å². The van der Waals surface area contributed by atoms with E-state index in [9.17, 15) is 18.0 Å². The number of para-hydroxylation sites is 1. The molecule has 0 saturated carbocycles. The number of anilines is 2. The molecule has 0 saturated heterocycles. The van der Waals surface area contributed by atoms with E-state index in [-0.39, 0.29) is 0 Å². The quantitative estimate of drug-likeness (QED) is 0.597. The molecule has 1 heterocycles. The van der Waals surface area contributed by atoms with Gasteiger partial charge in [-0.15, -0.1) is 0 Å². The van der Waals surface area contributed by atoms with Crippen LogP contribution in [-0.4, -0.2) is 36.2 Å². The van der Waals surface area contributed by atoms with Crippen LogP contribution in [-0.2, 0) is 25.8 Å². The van der Waals surface area contributed by atoms with Crippen molar-refractivity contribution in [1.82, 2.24) is 4.98 Å². The molecule has 2 N–H and O–H groups in total. The summed E-state index contributed by atoms with van der Waals surface area (Å²) in [5, 5.41) is 4.01. The van der Waals surface area contributed by atoms with E-state index in [0.29, 0.717) is 10.8 Å². The van der Waals surface area contributed by atoms with Crippen LogP contribution >= 0.6 is 11.3 Å². The Morgan fingerprint density at radius 2 is 1.76 bits per heavy atom. The summed E-state index contributed by atoms with van der Waals surface area (Å²) < 4.78 is 25.9. The number of benzene rings is 2. The third-order valence-corrected chi connectivity index (χ3v) is 7.32. The molecule has 0 spiro atoms. The number of hydrogen-bond donors (Lipinski definition) is 2. The molecule has 1 aromatic heterocycles. The van der Waals surface area contributed by atoms with Crippen LogP contribution in [0.15, 0.2) is 48.5 Å². The maximum Gasteiger partial charge on any atom is 0.244 e. The summed E-state index contributed by atoms with van der Waals surface area (Å²) in [5.74, 6) is -2.19. The predicted octanol–water partition coefficient (Wildman–Crippen LogP) is 3.24. The van der Waals surface area contributed by atoms with Crippen molar-refractivity contribution < 1.29 is 18.0 Å². The SMILES string of the molecule is CCc1ccc(NC(=O)CS(=O)(=O)C(C)C(=O)Nc2nc3ccccc3s2)cc1. The van der Waals surface area contributed by atoms with E-state index in [1.54, 1.807) is 18.2 Å². The number of aryl methyl sites for hydroxylation is 1. The molecule has 1 unspecified atom stereocenters. The number of amides is 2. The van der Waals surface area contributed by atoms with Crippen molar-refractivity contribution in [2.75, 3.05) is 16.4 Å². The first-order valence-corrected chi connectivity index (χ1v) is 11.6. The highest BCUT2D eigenvalue weighted by Gasteiger charge is 2.31. The molecule has 7 nitrogen and oxygen atoms in total. The first-order chi connectivity index (χ1) is 13.8. The van der Waals surface area contributed by atoms with Crippen LogP contribution in [0.3, 0.4) is 0 Å². The van der Waals surface area contributed by atoms with Crippen molar-refractivity contribution in [1.29, 1.82) is 0 Å². The number of nitrogens with zero attached hydrogens (tertiary/aromatic N) is 1. The van der Waals surface area contributed by atoms with Crippen molar-refractivity contribution in [2.24, 2.45) is 0 Å². The molecule has 0 aliphatic carbocycles. The summed E-state index contributed by atoms with van der Waals surface area (Å²) in [6.07, 6.45) is 0.865. The van der Waals surface area contributed by atoms with Crippen LogP contribution in [0.25, 0.3) is 10.2 Å². The third-order valence-electron chi connectivity index (χ3n) is 4.41. The van der Waals surface area contributed by atoms with Gasteiger partial charge in [-0.05, 0) is 43.2 Å². The predicted molar refractivity (Wildman–Crippen MR) is 116 cm³/mol. The van der Waals surface area contributed by atoms with E-state index in [0.717, 1.165) is 22.2 Å². The van der Waals surface area contributed by atoms with Gasteiger partial charge in [-0.25, -0.2) is 13.4 Å². The molecule has 1 atom stereocenters. The Balaban J connectivity index is 1.62. The molecular formula is C20H21N3O4S2. The molecule has 2 amide bonds. The van der Waals surface area contributed by atoms with E-state index in [4.69, 9.17) is 0 Å². The number of rotatable bonds is 7. The number of nitrogens with one attached hydrogen (secondary N) is 2. The summed E-state index contributed by atoms with van der Waals surface area (Å²) in [5.41, 5.74) is 2.33. The Morgan fingerprint density at radius 1 is 1.07 bits per heavy atom. The van der Waals surface area contributed by atoms with Crippen molar-refractivity contribution in [3.05, 3.63) is 54.1 Å². The molecule has 0 bridgehead atoms. The molecular weight excluding hydrogens is 410 g/mol. The number of sulfone groups is 1. The number of fused-ring (bicyclic) bond motifs is 1. The van der Waals surface area contributed by atoms with Crippen LogP contribution in [0.2, 0.25) is 0 Å². The maximum absolute atomic E-state index is 12.5. The largest absolute Gasteiger partial charge is 0.325 e. The topological polar surface area (TPSA) is 105 Å². The minimum atomic E-state index is -3.99. The minimum Gasteiger partial charge on any atom is -0.325 e. The zero-order valence-corrected chi connectivity index (χ0v) is 17.6. The highest BCUT2D eigenvalue weighted by atomic mass is 32.2. The average molecular weight is 432 g/mol. The molecule has 0 aliphatic rings. The molecule has 0 fully saturated rings. The zero-order valence-electron chi connectivity index (χ0n) is 16.0. The van der Waals surface area contributed by atoms with Crippen molar-refractivity contribution >= 4 is 54.0 Å². The van der Waals surface area contributed by atoms with E-state index in [1.165, 1.54) is 18.3 Å². The van der Waals surface area contributed by atoms with Gasteiger partial charge in [0.2, 0.25) is 11.8 Å². The summed E-state index contributed by atoms with van der Waals surface area (Å²) in [7, 11) is -3.99. The summed E-state index contributed by atoms with van der Waals surface area (Å²) >= 11 is 1.26. The molecule has 29 heavy (non-hydrogen) atoms. The number of thiazole rings is 1. The molecule has 0 aliphatic heterocycles. The van der Waals surface area contributed by atoms with Gasteiger partial charge >= 0.3 is 0 Å². The maximum atomic E-state index is 12.5. The van der Waals surface area contributed by atoms with Crippen LogP contribution in [0.5, 0.6) is 0 Å². The highest BCUT2D eigenvalue weighted by molar-refractivity contribution is 7.93. The average Bonchev–Trinajstić information content (AvgIpc) is 3.09. The molecule has 9 heteroatoms. The summed E-state index contributed by atoms with van der Waals surface area (Å²) in [4.78, 5) is 28.8. The summed E-state index contributed by atoms with van der Waals surface area (Å²) in [6, 6.07) is 14.5. The number of aromatic nitrogens is 1. The molecule has 3 aromatic rings. The van der Waals surface area contributed by atoms with Gasteiger partial charge in [0.05, 0.1) is 10.2 Å². The monoisotopic (exact) mass is 431 g/mol. The molecule has 0 radical (unpaired) electrons. The van der Waals surface area contributed by atoms with Crippen molar-refractivity contribution in [3.63, 3.8) is 0 Å². The Morgan fingerprint density at radius 3 is 2.41 bits per heavy atom. The number of hydrogen-bond acceptors (Lipinski definition) is 6. The van der Waals surface area contributed by atoms with Gasteiger partial charge in [-0.2, -0.15) is 0 Å². The van der Waals surface area contributed by atoms with Crippen LogP contribution in [0.1, 0.15) is 19.4 Å². The molecule has 152 valence electrons. The Hall–Kier alpha value is -2.78. The van der Waals surface area contributed by atoms with Gasteiger partial charge < -0.3 is 10.6 Å². The normalized spacial score (nSPS) is 12.5. The Bertz CT molecular complexity index is 1110. The van der Waals surface area contributed by atoms with Crippen LogP contribution in [0.4, 0.5) is 10.8 Å². The fourth-order valence-corrected chi connectivity index (χ4v) is 4.57. The lowest BCUT2D eigenvalue weighted by atomic mass is 10.1. The Kier molecular flexibility index (Phi) is 6.29. The zero-order chi connectivity index (χ0) is 21.0. The second-order valence-corrected chi connectivity index (χ2v) is 9.88. The second kappa shape index (κ2) is 8.71. The van der Waals surface area contributed by atoms with Gasteiger partial charge in [0.25, 0.3) is 0 Å². The van der Waals surface area contributed by atoms with E-state index in [2.05, 4.69) is 15.6 Å². The standard InChI is InChI=1S/C20H21N3O4S2/c1-3-14-8-10-15(11-9-14)21-18(24)12-29(26,27)13(2)19(25)23-20-22-16-6-4-5-7-17(16)28-20/h4-11,13H,3,12H2,1-2H3,(H,21,24)(H,22,23,25). The van der Waals surface area contributed by atoms with Crippen molar-refractivity contribution in [2.45, 2.75) is 25.5 Å². The third kappa shape index (κ3) is 5.18. The first-order valence-electron chi connectivity index (χ1n) is 9.05. The van der Waals surface area contributed by atoms with E-state index in [1.807, 2.05) is 37.3 Å². The lowest BCUT2D eigenvalue weighted by Gasteiger charge is -2.12. The fourth-order valence-electron chi connectivity index (χ4n) is 2.62. The van der Waals surface area contributed by atoms with Gasteiger partial charge in [-0.3, -0.25) is 9.59 Å². The Labute approximate surface area is 173 Å². The van der Waals surface area contributed by atoms with Gasteiger partial charge in [0.1, 0.15) is 11.0 Å². The fraction of sp³-hybridized carbons (Fsp3) is 0.250. The van der Waals surface area contributed by atoms with Crippen LogP contribution in [0, 0.1) is 0 Å².